The van der Waals surface area contributed by atoms with Crippen molar-refractivity contribution in [1.82, 2.24) is 0 Å². The normalized spacial score (nSPS) is 11.8. The van der Waals surface area contributed by atoms with Crippen LogP contribution in [0.3, 0.4) is 0 Å². The van der Waals surface area contributed by atoms with E-state index in [1.807, 2.05) is 0 Å². The third-order valence-corrected chi connectivity index (χ3v) is 3.78. The number of furan rings is 1. The van der Waals surface area contributed by atoms with E-state index < -0.39 is 17.5 Å². The Kier molecular flexibility index (Phi) is 3.96. The van der Waals surface area contributed by atoms with Gasteiger partial charge in [-0.05, 0) is 30.3 Å². The van der Waals surface area contributed by atoms with Crippen LogP contribution in [0.25, 0.3) is 11.0 Å². The zero-order chi connectivity index (χ0) is 16.4. The molecule has 0 amide bonds. The fraction of sp³-hybridized carbons (Fsp3) is 0.0556. The van der Waals surface area contributed by atoms with Crippen molar-refractivity contribution in [2.75, 3.05) is 0 Å². The maximum absolute atomic E-state index is 12.6. The third-order valence-electron chi connectivity index (χ3n) is 3.53. The largest absolute Gasteiger partial charge is 0.464 e. The van der Waals surface area contributed by atoms with Crippen molar-refractivity contribution in [1.29, 1.82) is 5.26 Å². The molecule has 23 heavy (non-hydrogen) atoms. The first-order chi connectivity index (χ1) is 11.1. The van der Waals surface area contributed by atoms with E-state index in [4.69, 9.17) is 16.0 Å². The van der Waals surface area contributed by atoms with Gasteiger partial charge in [0.1, 0.15) is 11.8 Å². The van der Waals surface area contributed by atoms with Crippen LogP contribution in [-0.4, -0.2) is 11.6 Å². The number of rotatable bonds is 4. The number of fused-ring (bicyclic) bond motifs is 1. The van der Waals surface area contributed by atoms with Gasteiger partial charge in [0, 0.05) is 16.0 Å². The first kappa shape index (κ1) is 15.0. The van der Waals surface area contributed by atoms with Crippen molar-refractivity contribution < 1.29 is 14.0 Å². The lowest BCUT2D eigenvalue weighted by Crippen LogP contribution is -2.22. The molecule has 3 aromatic rings. The predicted molar refractivity (Wildman–Crippen MR) is 85.4 cm³/mol. The number of halogens is 1. The van der Waals surface area contributed by atoms with E-state index in [1.165, 1.54) is 18.4 Å². The van der Waals surface area contributed by atoms with Crippen LogP contribution in [-0.2, 0) is 0 Å². The maximum Gasteiger partial charge on any atom is 0.191 e. The van der Waals surface area contributed by atoms with E-state index in [0.29, 0.717) is 16.0 Å². The van der Waals surface area contributed by atoms with Crippen LogP contribution in [0.1, 0.15) is 20.7 Å². The molecule has 0 bridgehead atoms. The van der Waals surface area contributed by atoms with Crippen LogP contribution >= 0.6 is 11.6 Å². The van der Waals surface area contributed by atoms with E-state index in [-0.39, 0.29) is 11.1 Å². The minimum absolute atomic E-state index is 0.231. The van der Waals surface area contributed by atoms with E-state index in [0.717, 1.165) is 0 Å². The number of nitriles is 1. The highest BCUT2D eigenvalue weighted by Gasteiger charge is 2.30. The number of para-hydroxylation sites is 1. The van der Waals surface area contributed by atoms with Crippen molar-refractivity contribution in [3.05, 3.63) is 70.9 Å². The van der Waals surface area contributed by atoms with Crippen molar-refractivity contribution in [3.63, 3.8) is 0 Å². The van der Waals surface area contributed by atoms with Gasteiger partial charge in [-0.2, -0.15) is 5.26 Å². The van der Waals surface area contributed by atoms with Gasteiger partial charge in [0.2, 0.25) is 0 Å². The monoisotopic (exact) mass is 323 g/mol. The summed E-state index contributed by atoms with van der Waals surface area (Å²) in [5.74, 6) is -2.55. The standard InChI is InChI=1S/C18H10ClNO3/c19-12-7-5-11(6-8-12)17(21)14(9-20)18(22)15-10-23-16-4-2-1-3-13(15)16/h1-8,10,14H. The van der Waals surface area contributed by atoms with E-state index in [9.17, 15) is 14.9 Å². The molecule has 3 rings (SSSR count). The molecule has 0 aliphatic rings. The quantitative estimate of drug-likeness (QED) is 0.530. The molecule has 2 aromatic carbocycles. The van der Waals surface area contributed by atoms with E-state index in [1.54, 1.807) is 42.5 Å². The van der Waals surface area contributed by atoms with Crippen LogP contribution in [0.5, 0.6) is 0 Å². The fourth-order valence-corrected chi connectivity index (χ4v) is 2.47. The van der Waals surface area contributed by atoms with Crippen molar-refractivity contribution in [2.45, 2.75) is 0 Å². The summed E-state index contributed by atoms with van der Waals surface area (Å²) in [5, 5.41) is 10.4. The third kappa shape index (κ3) is 2.75. The Bertz CT molecular complexity index is 935. The molecule has 1 heterocycles. The molecule has 0 saturated carbocycles. The lowest BCUT2D eigenvalue weighted by Gasteiger charge is -2.06. The first-order valence-corrected chi connectivity index (χ1v) is 7.19. The minimum Gasteiger partial charge on any atom is -0.464 e. The Morgan fingerprint density at radius 1 is 1.04 bits per heavy atom. The number of benzene rings is 2. The number of hydrogen-bond donors (Lipinski definition) is 0. The number of ketones is 2. The lowest BCUT2D eigenvalue weighted by molar-refractivity contribution is 0.0846. The molecule has 1 aromatic heterocycles. The fourth-order valence-electron chi connectivity index (χ4n) is 2.34. The lowest BCUT2D eigenvalue weighted by atomic mass is 9.91. The molecule has 1 unspecified atom stereocenters. The summed E-state index contributed by atoms with van der Waals surface area (Å²) in [5.41, 5.74) is 1.03. The van der Waals surface area contributed by atoms with Crippen LogP contribution < -0.4 is 0 Å². The highest BCUT2D eigenvalue weighted by atomic mass is 35.5. The molecule has 5 heteroatoms. The predicted octanol–water partition coefficient (Wildman–Crippen LogP) is 4.29. The van der Waals surface area contributed by atoms with Gasteiger partial charge >= 0.3 is 0 Å². The first-order valence-electron chi connectivity index (χ1n) is 6.81. The summed E-state index contributed by atoms with van der Waals surface area (Å²) < 4.78 is 5.31. The summed E-state index contributed by atoms with van der Waals surface area (Å²) in [6.07, 6.45) is 1.28. The van der Waals surface area contributed by atoms with Crippen molar-refractivity contribution in [2.24, 2.45) is 5.92 Å². The summed E-state index contributed by atoms with van der Waals surface area (Å²) in [6.45, 7) is 0. The average molecular weight is 324 g/mol. The Balaban J connectivity index is 1.97. The SMILES string of the molecule is N#CC(C(=O)c1ccc(Cl)cc1)C(=O)c1coc2ccccc12. The van der Waals surface area contributed by atoms with Gasteiger partial charge in [-0.3, -0.25) is 9.59 Å². The molecule has 0 N–H and O–H groups in total. The molecular formula is C18H10ClNO3. The molecule has 112 valence electrons. The molecule has 1 atom stereocenters. The zero-order valence-corrected chi connectivity index (χ0v) is 12.6. The molecule has 0 spiro atoms. The minimum atomic E-state index is -1.42. The second-order valence-electron chi connectivity index (χ2n) is 4.94. The van der Waals surface area contributed by atoms with Crippen LogP contribution in [0.2, 0.25) is 5.02 Å². The number of hydrogen-bond acceptors (Lipinski definition) is 4. The Morgan fingerprint density at radius 2 is 1.74 bits per heavy atom. The second-order valence-corrected chi connectivity index (χ2v) is 5.38. The van der Waals surface area contributed by atoms with Crippen LogP contribution in [0.15, 0.2) is 59.2 Å². The number of Topliss-reactive ketones (excluding diaryl/α,β-unsaturated/α-hetero) is 2. The van der Waals surface area contributed by atoms with Gasteiger partial charge in [0.25, 0.3) is 0 Å². The van der Waals surface area contributed by atoms with Gasteiger partial charge < -0.3 is 4.42 Å². The topological polar surface area (TPSA) is 71.1 Å². The molecule has 0 aliphatic heterocycles. The maximum atomic E-state index is 12.6. The highest BCUT2D eigenvalue weighted by molar-refractivity contribution is 6.30. The number of carbonyl (C=O) groups is 2. The summed E-state index contributed by atoms with van der Waals surface area (Å²) >= 11 is 5.78. The molecule has 0 saturated heterocycles. The van der Waals surface area contributed by atoms with Gasteiger partial charge in [-0.25, -0.2) is 0 Å². The van der Waals surface area contributed by atoms with Gasteiger partial charge in [-0.1, -0.05) is 29.8 Å². The Morgan fingerprint density at radius 3 is 2.43 bits per heavy atom. The van der Waals surface area contributed by atoms with E-state index in [2.05, 4.69) is 0 Å². The van der Waals surface area contributed by atoms with Crippen LogP contribution in [0, 0.1) is 17.2 Å². The summed E-state index contributed by atoms with van der Waals surface area (Å²) in [6, 6.07) is 14.8. The average Bonchev–Trinajstić information content (AvgIpc) is 3.00. The Labute approximate surface area is 136 Å². The Hall–Kier alpha value is -2.90. The number of carbonyl (C=O) groups excluding carboxylic acids is 2. The zero-order valence-electron chi connectivity index (χ0n) is 11.8. The van der Waals surface area contributed by atoms with Crippen molar-refractivity contribution >= 4 is 34.1 Å². The van der Waals surface area contributed by atoms with Gasteiger partial charge in [0.05, 0.1) is 11.6 Å². The molecule has 0 radical (unpaired) electrons. The highest BCUT2D eigenvalue weighted by Crippen LogP contribution is 2.25. The molecule has 0 fully saturated rings. The van der Waals surface area contributed by atoms with Gasteiger partial charge in [0.15, 0.2) is 17.5 Å². The smallest absolute Gasteiger partial charge is 0.191 e. The second kappa shape index (κ2) is 6.07. The molecule has 4 nitrogen and oxygen atoms in total. The summed E-state index contributed by atoms with van der Waals surface area (Å²) in [7, 11) is 0. The summed E-state index contributed by atoms with van der Waals surface area (Å²) in [4.78, 5) is 25.0. The number of nitrogens with zero attached hydrogens (tertiary/aromatic N) is 1. The van der Waals surface area contributed by atoms with E-state index >= 15 is 0 Å². The molecular weight excluding hydrogens is 314 g/mol. The molecule has 0 aliphatic carbocycles. The van der Waals surface area contributed by atoms with Gasteiger partial charge in [-0.15, -0.1) is 0 Å². The van der Waals surface area contributed by atoms with Crippen molar-refractivity contribution in [3.8, 4) is 6.07 Å². The van der Waals surface area contributed by atoms with Crippen LogP contribution in [0.4, 0.5) is 0 Å².